The molecule has 0 radical (unpaired) electrons. The van der Waals surface area contributed by atoms with Gasteiger partial charge in [0.1, 0.15) is 18.6 Å². The molecule has 1 aliphatic carbocycles. The molecule has 0 N–H and O–H groups in total. The molecule has 1 fully saturated rings. The summed E-state index contributed by atoms with van der Waals surface area (Å²) in [4.78, 5) is 4.77. The molecule has 1 saturated carbocycles. The topological polar surface area (TPSA) is 79.2 Å². The van der Waals surface area contributed by atoms with E-state index in [0.717, 1.165) is 34.9 Å². The minimum absolute atomic E-state index is 0.506. The van der Waals surface area contributed by atoms with Crippen LogP contribution in [-0.2, 0) is 13.1 Å². The quantitative estimate of drug-likeness (QED) is 0.533. The Morgan fingerprint density at radius 3 is 2.79 bits per heavy atom. The first-order chi connectivity index (χ1) is 13.8. The highest BCUT2D eigenvalue weighted by atomic mass is 15.4. The molecule has 0 bridgehead atoms. The maximum absolute atomic E-state index is 4.77. The Morgan fingerprint density at radius 1 is 1.07 bits per heavy atom. The van der Waals surface area contributed by atoms with Gasteiger partial charge in [0.15, 0.2) is 11.6 Å². The molecule has 5 rings (SSSR count). The van der Waals surface area contributed by atoms with Gasteiger partial charge < -0.3 is 9.13 Å². The van der Waals surface area contributed by atoms with Crippen LogP contribution >= 0.6 is 0 Å². The average Bonchev–Trinajstić information content (AvgIpc) is 3.47. The highest BCUT2D eigenvalue weighted by molar-refractivity contribution is 5.79. The van der Waals surface area contributed by atoms with Crippen molar-refractivity contribution in [2.24, 2.45) is 0 Å². The van der Waals surface area contributed by atoms with Gasteiger partial charge in [-0.05, 0) is 31.9 Å². The molecule has 28 heavy (non-hydrogen) atoms. The van der Waals surface area contributed by atoms with E-state index in [1.54, 1.807) is 0 Å². The smallest absolute Gasteiger partial charge is 0.163 e. The van der Waals surface area contributed by atoms with Gasteiger partial charge in [-0.15, -0.1) is 15.3 Å². The second-order valence-electron chi connectivity index (χ2n) is 7.42. The number of imidazole rings is 1. The summed E-state index contributed by atoms with van der Waals surface area (Å²) < 4.78 is 6.23. The Labute approximate surface area is 163 Å². The van der Waals surface area contributed by atoms with E-state index in [4.69, 9.17) is 4.98 Å². The summed E-state index contributed by atoms with van der Waals surface area (Å²) in [5, 5.41) is 17.2. The van der Waals surface area contributed by atoms with Gasteiger partial charge in [-0.25, -0.2) is 9.67 Å². The second-order valence-corrected chi connectivity index (χ2v) is 7.42. The first kappa shape index (κ1) is 17.1. The van der Waals surface area contributed by atoms with Crippen LogP contribution in [0.25, 0.3) is 22.6 Å². The van der Waals surface area contributed by atoms with Gasteiger partial charge in [0, 0.05) is 12.6 Å². The molecule has 4 aromatic rings. The molecule has 0 atom stereocenters. The van der Waals surface area contributed by atoms with Crippen molar-refractivity contribution in [1.29, 1.82) is 0 Å². The van der Waals surface area contributed by atoms with Gasteiger partial charge in [0.25, 0.3) is 0 Å². The van der Waals surface area contributed by atoms with Gasteiger partial charge in [-0.1, -0.05) is 36.6 Å². The lowest BCUT2D eigenvalue weighted by atomic mass is 9.95. The predicted molar refractivity (Wildman–Crippen MR) is 106 cm³/mol. The van der Waals surface area contributed by atoms with Crippen molar-refractivity contribution >= 4 is 11.0 Å². The van der Waals surface area contributed by atoms with Gasteiger partial charge in [0.05, 0.1) is 17.2 Å². The van der Waals surface area contributed by atoms with Crippen LogP contribution in [0.15, 0.2) is 36.8 Å². The molecular formula is C20H24N8. The Hall–Kier alpha value is -3.03. The molecule has 0 saturated heterocycles. The molecule has 8 nitrogen and oxygen atoms in total. The fraction of sp³-hybridized carbons (Fsp3) is 0.450. The minimum Gasteiger partial charge on any atom is -0.323 e. The lowest BCUT2D eigenvalue weighted by Crippen LogP contribution is -2.16. The number of hydrogen-bond acceptors (Lipinski definition) is 5. The monoisotopic (exact) mass is 376 g/mol. The van der Waals surface area contributed by atoms with Crippen LogP contribution in [0.1, 0.15) is 50.9 Å². The van der Waals surface area contributed by atoms with Crippen molar-refractivity contribution in [3.63, 3.8) is 0 Å². The summed E-state index contributed by atoms with van der Waals surface area (Å²) in [5.41, 5.74) is 2.87. The average molecular weight is 376 g/mol. The van der Waals surface area contributed by atoms with Crippen molar-refractivity contribution in [2.45, 2.75) is 58.2 Å². The number of para-hydroxylation sites is 2. The molecule has 0 spiro atoms. The van der Waals surface area contributed by atoms with Crippen molar-refractivity contribution in [3.05, 3.63) is 42.6 Å². The Bertz CT molecular complexity index is 1080. The molecule has 0 amide bonds. The van der Waals surface area contributed by atoms with Crippen molar-refractivity contribution in [2.75, 3.05) is 0 Å². The number of rotatable bonds is 5. The molecule has 0 unspecified atom stereocenters. The first-order valence-corrected chi connectivity index (χ1v) is 10.1. The molecule has 0 aliphatic heterocycles. The number of benzene rings is 1. The minimum atomic E-state index is 0.506. The predicted octanol–water partition coefficient (Wildman–Crippen LogP) is 3.46. The molecular weight excluding hydrogens is 352 g/mol. The summed E-state index contributed by atoms with van der Waals surface area (Å²) in [7, 11) is 0. The summed E-state index contributed by atoms with van der Waals surface area (Å²) >= 11 is 0. The van der Waals surface area contributed by atoms with Gasteiger partial charge in [0.2, 0.25) is 0 Å². The van der Waals surface area contributed by atoms with E-state index >= 15 is 0 Å². The standard InChI is InChI=1S/C20H24N8/c1-2-27-18-11-7-6-10-16(18)22-20(27)17-12-26(25-23-17)13-19-24-21-14-28(19)15-8-4-3-5-9-15/h6-7,10-12,14-15H,2-5,8-9,13H2,1H3. The second kappa shape index (κ2) is 7.18. The number of aromatic nitrogens is 8. The Kier molecular flexibility index (Phi) is 4.38. The van der Waals surface area contributed by atoms with Crippen LogP contribution in [0.3, 0.4) is 0 Å². The summed E-state index contributed by atoms with van der Waals surface area (Å²) in [6, 6.07) is 8.67. The van der Waals surface area contributed by atoms with Crippen molar-refractivity contribution in [3.8, 4) is 11.5 Å². The number of hydrogen-bond donors (Lipinski definition) is 0. The van der Waals surface area contributed by atoms with Crippen LogP contribution in [-0.4, -0.2) is 39.3 Å². The maximum atomic E-state index is 4.77. The number of nitrogens with zero attached hydrogens (tertiary/aromatic N) is 8. The fourth-order valence-electron chi connectivity index (χ4n) is 4.26. The Balaban J connectivity index is 1.43. The zero-order valence-corrected chi connectivity index (χ0v) is 16.1. The van der Waals surface area contributed by atoms with Crippen LogP contribution < -0.4 is 0 Å². The lowest BCUT2D eigenvalue weighted by molar-refractivity contribution is 0.342. The molecule has 1 aliphatic rings. The third kappa shape index (κ3) is 2.98. The highest BCUT2D eigenvalue weighted by Gasteiger charge is 2.20. The zero-order valence-electron chi connectivity index (χ0n) is 16.1. The van der Waals surface area contributed by atoms with E-state index in [1.165, 1.54) is 32.1 Å². The van der Waals surface area contributed by atoms with Crippen molar-refractivity contribution < 1.29 is 0 Å². The summed E-state index contributed by atoms with van der Waals surface area (Å²) in [5.74, 6) is 1.79. The van der Waals surface area contributed by atoms with Crippen LogP contribution in [0.2, 0.25) is 0 Å². The van der Waals surface area contributed by atoms with Gasteiger partial charge in [-0.2, -0.15) is 0 Å². The SMILES string of the molecule is CCn1c(-c2cn(Cc3nncn3C3CCCCC3)nn2)nc2ccccc21. The van der Waals surface area contributed by atoms with Crippen LogP contribution in [0.5, 0.6) is 0 Å². The number of fused-ring (bicyclic) bond motifs is 1. The van der Waals surface area contributed by atoms with Crippen LogP contribution in [0, 0.1) is 0 Å². The fourth-order valence-corrected chi connectivity index (χ4v) is 4.26. The van der Waals surface area contributed by atoms with E-state index < -0.39 is 0 Å². The van der Waals surface area contributed by atoms with E-state index in [0.29, 0.717) is 12.6 Å². The third-order valence-corrected chi connectivity index (χ3v) is 5.66. The van der Waals surface area contributed by atoms with E-state index in [1.807, 2.05) is 35.4 Å². The molecule has 1 aromatic carbocycles. The lowest BCUT2D eigenvalue weighted by Gasteiger charge is -2.23. The van der Waals surface area contributed by atoms with E-state index in [2.05, 4.69) is 42.6 Å². The summed E-state index contributed by atoms with van der Waals surface area (Å²) in [6.07, 6.45) is 10.1. The maximum Gasteiger partial charge on any atom is 0.163 e. The van der Waals surface area contributed by atoms with Crippen molar-refractivity contribution in [1.82, 2.24) is 39.3 Å². The largest absolute Gasteiger partial charge is 0.323 e. The highest BCUT2D eigenvalue weighted by Crippen LogP contribution is 2.29. The first-order valence-electron chi connectivity index (χ1n) is 10.1. The molecule has 3 heterocycles. The van der Waals surface area contributed by atoms with Crippen LogP contribution in [0.4, 0.5) is 0 Å². The number of aryl methyl sites for hydroxylation is 1. The zero-order chi connectivity index (χ0) is 18.9. The van der Waals surface area contributed by atoms with Gasteiger partial charge >= 0.3 is 0 Å². The normalized spacial score (nSPS) is 15.5. The van der Waals surface area contributed by atoms with E-state index in [9.17, 15) is 0 Å². The molecule has 8 heteroatoms. The molecule has 144 valence electrons. The van der Waals surface area contributed by atoms with E-state index in [-0.39, 0.29) is 0 Å². The Morgan fingerprint density at radius 2 is 1.93 bits per heavy atom. The third-order valence-electron chi connectivity index (χ3n) is 5.66. The summed E-state index contributed by atoms with van der Waals surface area (Å²) in [6.45, 7) is 3.52. The van der Waals surface area contributed by atoms with Gasteiger partial charge in [-0.3, -0.25) is 0 Å². The molecule has 3 aromatic heterocycles.